The molecule has 0 aliphatic heterocycles. The van der Waals surface area contributed by atoms with Crippen LogP contribution in [0, 0.1) is 5.92 Å². The van der Waals surface area contributed by atoms with Crippen molar-refractivity contribution in [3.8, 4) is 0 Å². The molecular weight excluding hydrogens is 439 g/mol. The van der Waals surface area contributed by atoms with Crippen LogP contribution in [-0.2, 0) is 8.85 Å². The SMILES string of the molecule is CO[SiH](CC(C)C(F)(F)C(F)(F)C(F)(F)C(F)(F)C(F)(F)C(F)(F)F)OC. The zero-order valence-corrected chi connectivity index (χ0v) is 14.7. The Kier molecular flexibility index (Phi) is 7.35. The maximum Gasteiger partial charge on any atom is 0.460 e. The monoisotopic (exact) mass is 452 g/mol. The Bertz CT molecular complexity index is 501. The Labute approximate surface area is 145 Å². The highest BCUT2D eigenvalue weighted by Gasteiger charge is 2.91. The standard InChI is InChI=1S/C11H13F13O2Si/c1-5(4-27(25-2)26-3)6(12,13)7(14,15)8(16,17)9(18,19)10(20,21)11(22,23)24/h5,27H,4H2,1-3H3. The van der Waals surface area contributed by atoms with Crippen LogP contribution in [0.25, 0.3) is 0 Å². The minimum absolute atomic E-state index is 0.169. The maximum absolute atomic E-state index is 13.8. The summed E-state index contributed by atoms with van der Waals surface area (Å²) in [5, 5.41) is 0. The van der Waals surface area contributed by atoms with E-state index in [1.165, 1.54) is 0 Å². The van der Waals surface area contributed by atoms with Crippen LogP contribution in [-0.4, -0.2) is 59.3 Å². The average Bonchev–Trinajstić information content (AvgIpc) is 2.50. The summed E-state index contributed by atoms with van der Waals surface area (Å²) < 4.78 is 178. The van der Waals surface area contributed by atoms with Crippen LogP contribution >= 0.6 is 0 Å². The molecule has 0 saturated carbocycles. The van der Waals surface area contributed by atoms with Gasteiger partial charge < -0.3 is 8.85 Å². The first-order chi connectivity index (χ1) is 11.7. The van der Waals surface area contributed by atoms with Gasteiger partial charge in [-0.3, -0.25) is 0 Å². The fourth-order valence-corrected chi connectivity index (χ4v) is 3.27. The average molecular weight is 452 g/mol. The van der Waals surface area contributed by atoms with Crippen LogP contribution in [0.3, 0.4) is 0 Å². The third-order valence-corrected chi connectivity index (χ3v) is 5.79. The first-order valence-electron chi connectivity index (χ1n) is 6.68. The topological polar surface area (TPSA) is 18.5 Å². The Morgan fingerprint density at radius 3 is 1.26 bits per heavy atom. The molecule has 0 aromatic heterocycles. The van der Waals surface area contributed by atoms with Crippen molar-refractivity contribution in [2.24, 2.45) is 5.92 Å². The molecule has 16 heteroatoms. The van der Waals surface area contributed by atoms with Gasteiger partial charge in [0.2, 0.25) is 0 Å². The van der Waals surface area contributed by atoms with E-state index in [9.17, 15) is 57.1 Å². The number of rotatable bonds is 9. The Morgan fingerprint density at radius 1 is 0.630 bits per heavy atom. The Morgan fingerprint density at radius 2 is 0.963 bits per heavy atom. The first-order valence-corrected chi connectivity index (χ1v) is 8.44. The van der Waals surface area contributed by atoms with E-state index in [0.29, 0.717) is 0 Å². The second-order valence-electron chi connectivity index (χ2n) is 5.46. The van der Waals surface area contributed by atoms with E-state index < -0.39 is 57.0 Å². The van der Waals surface area contributed by atoms with Crippen molar-refractivity contribution in [3.05, 3.63) is 0 Å². The van der Waals surface area contributed by atoms with Crippen molar-refractivity contribution in [1.29, 1.82) is 0 Å². The van der Waals surface area contributed by atoms with Gasteiger partial charge in [0.1, 0.15) is 0 Å². The molecule has 1 unspecified atom stereocenters. The van der Waals surface area contributed by atoms with Gasteiger partial charge in [-0.05, 0) is 6.04 Å². The highest BCUT2D eigenvalue weighted by atomic mass is 28.3. The zero-order chi connectivity index (χ0) is 22.3. The van der Waals surface area contributed by atoms with Crippen LogP contribution < -0.4 is 0 Å². The molecule has 0 aromatic carbocycles. The Balaban J connectivity index is 6.15. The van der Waals surface area contributed by atoms with Gasteiger partial charge in [-0.1, -0.05) is 6.92 Å². The molecule has 0 radical (unpaired) electrons. The lowest BCUT2D eigenvalue weighted by Crippen LogP contribution is -2.70. The van der Waals surface area contributed by atoms with Crippen LogP contribution in [0.4, 0.5) is 57.1 Å². The van der Waals surface area contributed by atoms with Gasteiger partial charge in [0, 0.05) is 20.1 Å². The van der Waals surface area contributed by atoms with Crippen LogP contribution in [0.2, 0.25) is 6.04 Å². The molecule has 0 aliphatic carbocycles. The molecule has 0 aliphatic rings. The van der Waals surface area contributed by atoms with Crippen LogP contribution in [0.1, 0.15) is 6.92 Å². The van der Waals surface area contributed by atoms with Crippen molar-refractivity contribution >= 4 is 9.28 Å². The van der Waals surface area contributed by atoms with Gasteiger partial charge in [0.05, 0.1) is 0 Å². The molecule has 0 fully saturated rings. The normalized spacial score (nSPS) is 16.8. The molecule has 2 nitrogen and oxygen atoms in total. The molecule has 1 atom stereocenters. The van der Waals surface area contributed by atoms with Gasteiger partial charge in [0.25, 0.3) is 0 Å². The minimum Gasteiger partial charge on any atom is -0.400 e. The summed E-state index contributed by atoms with van der Waals surface area (Å²) in [6.45, 7) is 0.169. The summed E-state index contributed by atoms with van der Waals surface area (Å²) in [6.07, 6.45) is -7.42. The lowest BCUT2D eigenvalue weighted by molar-refractivity contribution is -0.442. The summed E-state index contributed by atoms with van der Waals surface area (Å²) in [5.74, 6) is -39.7. The third kappa shape index (κ3) is 4.01. The zero-order valence-electron chi connectivity index (χ0n) is 13.6. The number of halogens is 13. The van der Waals surface area contributed by atoms with Crippen molar-refractivity contribution in [2.75, 3.05) is 14.2 Å². The number of hydrogen-bond donors (Lipinski definition) is 0. The molecule has 0 bridgehead atoms. The summed E-state index contributed by atoms with van der Waals surface area (Å²) in [6, 6.07) is -1.17. The van der Waals surface area contributed by atoms with Crippen LogP contribution in [0.15, 0.2) is 0 Å². The second-order valence-corrected chi connectivity index (χ2v) is 7.73. The molecule has 0 spiro atoms. The molecule has 164 valence electrons. The van der Waals surface area contributed by atoms with Crippen molar-refractivity contribution in [2.45, 2.75) is 48.8 Å². The summed E-state index contributed by atoms with van der Waals surface area (Å²) in [7, 11) is -1.41. The second kappa shape index (κ2) is 7.57. The predicted octanol–water partition coefficient (Wildman–Crippen LogP) is 4.87. The summed E-state index contributed by atoms with van der Waals surface area (Å²) >= 11 is 0. The van der Waals surface area contributed by atoms with E-state index in [1.807, 2.05) is 0 Å². The van der Waals surface area contributed by atoms with Crippen LogP contribution in [0.5, 0.6) is 0 Å². The van der Waals surface area contributed by atoms with Gasteiger partial charge in [-0.15, -0.1) is 0 Å². The van der Waals surface area contributed by atoms with E-state index in [4.69, 9.17) is 0 Å². The molecule has 0 saturated heterocycles. The highest BCUT2D eigenvalue weighted by Crippen LogP contribution is 2.61. The Hall–Kier alpha value is -0.773. The lowest BCUT2D eigenvalue weighted by atomic mass is 9.89. The predicted molar refractivity (Wildman–Crippen MR) is 65.9 cm³/mol. The molecule has 0 amide bonds. The first kappa shape index (κ1) is 26.2. The van der Waals surface area contributed by atoms with E-state index >= 15 is 0 Å². The molecule has 0 rings (SSSR count). The largest absolute Gasteiger partial charge is 0.460 e. The van der Waals surface area contributed by atoms with E-state index in [2.05, 4.69) is 8.85 Å². The van der Waals surface area contributed by atoms with Gasteiger partial charge >= 0.3 is 45.1 Å². The van der Waals surface area contributed by atoms with Crippen molar-refractivity contribution in [3.63, 3.8) is 0 Å². The van der Waals surface area contributed by atoms with Gasteiger partial charge in [-0.25, -0.2) is 0 Å². The smallest absolute Gasteiger partial charge is 0.400 e. The van der Waals surface area contributed by atoms with Gasteiger partial charge in [0.15, 0.2) is 0 Å². The molecule has 0 aromatic rings. The van der Waals surface area contributed by atoms with E-state index in [-0.39, 0.29) is 6.92 Å². The number of alkyl halides is 13. The minimum atomic E-state index is -7.88. The highest BCUT2D eigenvalue weighted by molar-refractivity contribution is 6.44. The molecule has 27 heavy (non-hydrogen) atoms. The number of hydrogen-bond acceptors (Lipinski definition) is 2. The quantitative estimate of drug-likeness (QED) is 0.367. The van der Waals surface area contributed by atoms with E-state index in [0.717, 1.165) is 14.2 Å². The van der Waals surface area contributed by atoms with Crippen molar-refractivity contribution < 1.29 is 65.9 Å². The fourth-order valence-electron chi connectivity index (χ4n) is 1.82. The fraction of sp³-hybridized carbons (Fsp3) is 1.00. The van der Waals surface area contributed by atoms with Gasteiger partial charge in [-0.2, -0.15) is 57.1 Å². The summed E-state index contributed by atoms with van der Waals surface area (Å²) in [4.78, 5) is 0. The molecule has 0 N–H and O–H groups in total. The third-order valence-electron chi connectivity index (χ3n) is 3.65. The molecular formula is C11H13F13O2Si. The lowest BCUT2D eigenvalue weighted by Gasteiger charge is -2.41. The maximum atomic E-state index is 13.8. The molecule has 0 heterocycles. The van der Waals surface area contributed by atoms with Crippen molar-refractivity contribution in [1.82, 2.24) is 0 Å². The van der Waals surface area contributed by atoms with E-state index in [1.54, 1.807) is 0 Å². The summed E-state index contributed by atoms with van der Waals surface area (Å²) in [5.41, 5.74) is 0.